The number of aliphatic hydroxyl groups is 1. The number of aryl methyl sites for hydroxylation is 1. The standard InChI is InChI=1S/C49H81N10O14PS/c1-33(2)27-38(56-49(67)41-18-14-21-59(41)42(61)19-23-70-25-26-71-24-20-53-45(63)37(50)31-75)46(64)55-39(28-36-29-52-32-54-36)47(65)57-40(30-60)48(66)58-43(44(51)62)34(3)73-74(68,69)72-22-13-8-6-4-5-7-10-15-35-16-11-9-12-17-35/h9,11-12,16-17,29,32-34,37-41,43,60,75H,4-8,10,13-15,18-28,30-31,50H2,1-3H3,(H2,51,62)(H,52,54)(H,53,63)(H,55,64)(H,56,67)(H,57,65)(H,58,66)(H,68,69)/t34-,37+,38+,39+,40+,41+,43+/m1/s1. The van der Waals surface area contributed by atoms with Crippen LogP contribution in [0.15, 0.2) is 42.9 Å². The van der Waals surface area contributed by atoms with E-state index in [1.807, 2.05) is 32.0 Å². The van der Waals surface area contributed by atoms with Crippen LogP contribution in [0, 0.1) is 5.92 Å². The average Bonchev–Trinajstić information content (AvgIpc) is 4.10. The van der Waals surface area contributed by atoms with Crippen LogP contribution in [0.25, 0.3) is 0 Å². The molecule has 1 aromatic heterocycles. The SMILES string of the molecule is CC(C)C[C@H](NC(=O)[C@@H]1CCCN1C(=O)CCOCCOCCNC(=O)[C@@H](N)CS)C(=O)N[C@@H](Cc1cnc[nH]1)C(=O)N[C@@H](CO)C(=O)N[C@H](C(N)=O)[C@@H](C)OP(=O)(O)OCCCCCCCCCc1ccccc1. The molecule has 12 N–H and O–H groups in total. The fourth-order valence-electron chi connectivity index (χ4n) is 8.07. The molecule has 7 amide bonds. The van der Waals surface area contributed by atoms with Gasteiger partial charge in [-0.2, -0.15) is 12.6 Å². The third-order valence-corrected chi connectivity index (χ3v) is 13.6. The molecule has 0 radical (unpaired) electrons. The summed E-state index contributed by atoms with van der Waals surface area (Å²) in [6, 6.07) is 2.68. The molecule has 3 rings (SSSR count). The molecule has 422 valence electrons. The van der Waals surface area contributed by atoms with Gasteiger partial charge < -0.3 is 67.4 Å². The number of aromatic amines is 1. The van der Waals surface area contributed by atoms with Gasteiger partial charge in [-0.05, 0) is 56.9 Å². The van der Waals surface area contributed by atoms with E-state index >= 15 is 0 Å². The van der Waals surface area contributed by atoms with Crippen molar-refractivity contribution in [3.05, 3.63) is 54.1 Å². The molecule has 0 bridgehead atoms. The molecule has 24 nitrogen and oxygen atoms in total. The number of nitrogens with two attached hydrogens (primary N) is 2. The molecular weight excluding hydrogens is 1020 g/mol. The van der Waals surface area contributed by atoms with Crippen molar-refractivity contribution in [3.8, 4) is 0 Å². The van der Waals surface area contributed by atoms with Gasteiger partial charge in [0, 0.05) is 37.2 Å². The number of imidazole rings is 1. The molecule has 1 aromatic carbocycles. The van der Waals surface area contributed by atoms with Gasteiger partial charge in [0.25, 0.3) is 0 Å². The molecule has 1 aliphatic rings. The van der Waals surface area contributed by atoms with Gasteiger partial charge in [0.05, 0.1) is 64.5 Å². The third-order valence-electron chi connectivity index (χ3n) is 12.1. The molecule has 1 saturated heterocycles. The minimum Gasteiger partial charge on any atom is -0.394 e. The Kier molecular flexibility index (Phi) is 30.3. The summed E-state index contributed by atoms with van der Waals surface area (Å²) in [5.74, 6) is -5.10. The van der Waals surface area contributed by atoms with Crippen LogP contribution in [-0.2, 0) is 69.5 Å². The first kappa shape index (κ1) is 64.3. The highest BCUT2D eigenvalue weighted by Crippen LogP contribution is 2.45. The number of carbonyl (C=O) groups is 7. The van der Waals surface area contributed by atoms with Gasteiger partial charge in [-0.1, -0.05) is 76.3 Å². The van der Waals surface area contributed by atoms with Crippen LogP contribution < -0.4 is 38.1 Å². The first-order chi connectivity index (χ1) is 35.8. The average molecular weight is 1100 g/mol. The molecule has 0 aliphatic carbocycles. The first-order valence-electron chi connectivity index (χ1n) is 25.7. The van der Waals surface area contributed by atoms with Crippen molar-refractivity contribution in [2.24, 2.45) is 17.4 Å². The number of aromatic nitrogens is 2. The van der Waals surface area contributed by atoms with Crippen LogP contribution in [-0.4, -0.2) is 167 Å². The number of hydrogen-bond donors (Lipinski definition) is 11. The minimum absolute atomic E-state index is 0.0123. The van der Waals surface area contributed by atoms with E-state index in [0.29, 0.717) is 31.5 Å². The van der Waals surface area contributed by atoms with E-state index in [1.165, 1.54) is 29.9 Å². The summed E-state index contributed by atoms with van der Waals surface area (Å²) in [4.78, 5) is 111. The number of nitrogens with one attached hydrogen (secondary N) is 6. The number of unbranched alkanes of at least 4 members (excludes halogenated alkanes) is 6. The number of carbonyl (C=O) groups excluding carboxylic acids is 7. The number of H-pyrrole nitrogens is 1. The second-order valence-corrected chi connectivity index (χ2v) is 20.6. The van der Waals surface area contributed by atoms with Gasteiger partial charge in [-0.15, -0.1) is 0 Å². The second kappa shape index (κ2) is 35.4. The highest BCUT2D eigenvalue weighted by molar-refractivity contribution is 7.80. The quantitative estimate of drug-likeness (QED) is 0.0249. The number of aliphatic hydroxyl groups excluding tert-OH is 1. The molecular formula is C49H81N10O14PS. The van der Waals surface area contributed by atoms with Crippen molar-refractivity contribution in [3.63, 3.8) is 0 Å². The van der Waals surface area contributed by atoms with Gasteiger partial charge in [-0.25, -0.2) is 9.55 Å². The zero-order valence-electron chi connectivity index (χ0n) is 43.5. The van der Waals surface area contributed by atoms with E-state index in [2.05, 4.69) is 61.3 Å². The highest BCUT2D eigenvalue weighted by Gasteiger charge is 2.38. The van der Waals surface area contributed by atoms with E-state index in [0.717, 1.165) is 44.9 Å². The maximum absolute atomic E-state index is 14.0. The second-order valence-electron chi connectivity index (χ2n) is 18.8. The lowest BCUT2D eigenvalue weighted by atomic mass is 10.0. The molecule has 1 aliphatic heterocycles. The zero-order valence-corrected chi connectivity index (χ0v) is 45.2. The monoisotopic (exact) mass is 1100 g/mol. The topological polar surface area (TPSA) is 358 Å². The Labute approximate surface area is 445 Å². The third kappa shape index (κ3) is 25.2. The van der Waals surface area contributed by atoms with Crippen molar-refractivity contribution in [1.29, 1.82) is 0 Å². The number of benzene rings is 1. The van der Waals surface area contributed by atoms with Gasteiger partial charge in [-0.3, -0.25) is 42.6 Å². The van der Waals surface area contributed by atoms with Gasteiger partial charge >= 0.3 is 7.82 Å². The number of rotatable bonds is 39. The molecule has 2 aromatic rings. The summed E-state index contributed by atoms with van der Waals surface area (Å²) >= 11 is 3.99. The Morgan fingerprint density at radius 2 is 1.48 bits per heavy atom. The summed E-state index contributed by atoms with van der Waals surface area (Å²) in [5.41, 5.74) is 12.9. The largest absolute Gasteiger partial charge is 0.472 e. The number of primary amides is 1. The number of nitrogens with zero attached hydrogens (tertiary/aromatic N) is 2. The van der Waals surface area contributed by atoms with Crippen molar-refractivity contribution in [1.82, 2.24) is 41.5 Å². The molecule has 2 heterocycles. The number of likely N-dealkylation sites (tertiary alicyclic amines) is 1. The van der Waals surface area contributed by atoms with Crippen molar-refractivity contribution in [2.75, 3.05) is 58.5 Å². The predicted molar refractivity (Wildman–Crippen MR) is 280 cm³/mol. The predicted octanol–water partition coefficient (Wildman–Crippen LogP) is 0.698. The first-order valence-corrected chi connectivity index (χ1v) is 27.9. The van der Waals surface area contributed by atoms with Crippen molar-refractivity contribution < 1.29 is 66.6 Å². The van der Waals surface area contributed by atoms with Crippen molar-refractivity contribution in [2.45, 2.75) is 147 Å². The number of phosphoric acid groups is 1. The van der Waals surface area contributed by atoms with Gasteiger partial charge in [0.15, 0.2) is 0 Å². The summed E-state index contributed by atoms with van der Waals surface area (Å²) < 4.78 is 34.1. The van der Waals surface area contributed by atoms with Gasteiger partial charge in [0.2, 0.25) is 41.4 Å². The number of amides is 7. The Morgan fingerprint density at radius 3 is 2.12 bits per heavy atom. The lowest BCUT2D eigenvalue weighted by molar-refractivity contribution is -0.140. The van der Waals surface area contributed by atoms with E-state index in [1.54, 1.807) is 0 Å². The Balaban J connectivity index is 1.52. The molecule has 1 fully saturated rings. The Bertz CT molecular complexity index is 2100. The zero-order chi connectivity index (χ0) is 55.2. The van der Waals surface area contributed by atoms with Crippen LogP contribution in [0.1, 0.15) is 103 Å². The molecule has 1 unspecified atom stereocenters. The fraction of sp³-hybridized carbons (Fsp3) is 0.673. The maximum atomic E-state index is 14.0. The number of hydrogen-bond acceptors (Lipinski definition) is 16. The number of thiol groups is 1. The normalized spacial score (nSPS) is 16.7. The van der Waals surface area contributed by atoms with E-state index in [-0.39, 0.29) is 82.3 Å². The molecule has 0 spiro atoms. The number of phosphoric ester groups is 1. The molecule has 0 saturated carbocycles. The van der Waals surface area contributed by atoms with E-state index in [9.17, 15) is 48.1 Å². The highest BCUT2D eigenvalue weighted by atomic mass is 32.1. The summed E-state index contributed by atoms with van der Waals surface area (Å²) in [5, 5.41) is 22.9. The molecule has 26 heteroatoms. The van der Waals surface area contributed by atoms with E-state index < -0.39 is 86.3 Å². The smallest absolute Gasteiger partial charge is 0.394 e. The van der Waals surface area contributed by atoms with Crippen LogP contribution in [0.4, 0.5) is 0 Å². The van der Waals surface area contributed by atoms with Gasteiger partial charge in [0.1, 0.15) is 30.2 Å². The van der Waals surface area contributed by atoms with Crippen molar-refractivity contribution >= 4 is 61.8 Å². The molecule has 8 atom stereocenters. The Hall–Kier alpha value is -4.98. The lowest BCUT2D eigenvalue weighted by Gasteiger charge is -2.29. The molecule has 75 heavy (non-hydrogen) atoms. The van der Waals surface area contributed by atoms with Crippen LogP contribution in [0.2, 0.25) is 0 Å². The van der Waals surface area contributed by atoms with Crippen LogP contribution in [0.5, 0.6) is 0 Å². The maximum Gasteiger partial charge on any atom is 0.472 e. The fourth-order valence-corrected chi connectivity index (χ4v) is 9.20. The summed E-state index contributed by atoms with van der Waals surface area (Å²) in [6.45, 7) is 5.07. The van der Waals surface area contributed by atoms with Crippen LogP contribution in [0.3, 0.4) is 0 Å². The summed E-state index contributed by atoms with van der Waals surface area (Å²) in [7, 11) is -4.74. The Morgan fingerprint density at radius 1 is 0.840 bits per heavy atom. The number of ether oxygens (including phenoxy) is 2. The minimum atomic E-state index is -4.74. The lowest BCUT2D eigenvalue weighted by Crippen LogP contribution is -2.61. The summed E-state index contributed by atoms with van der Waals surface area (Å²) in [6.07, 6.45) is 9.55. The van der Waals surface area contributed by atoms with E-state index in [4.69, 9.17) is 30.0 Å². The van der Waals surface area contributed by atoms with Crippen LogP contribution >= 0.6 is 20.5 Å².